The Balaban J connectivity index is 2.45. The Morgan fingerprint density at radius 2 is 2.20 bits per heavy atom. The van der Waals surface area contributed by atoms with E-state index in [1.54, 1.807) is 6.07 Å². The zero-order valence-electron chi connectivity index (χ0n) is 10.2. The van der Waals surface area contributed by atoms with Crippen LogP contribution >= 0.6 is 27.5 Å². The highest BCUT2D eigenvalue weighted by Crippen LogP contribution is 2.29. The molecular weight excluding hydrogens is 372 g/mol. The Morgan fingerprint density at radius 3 is 2.80 bits per heavy atom. The van der Waals surface area contributed by atoms with Crippen LogP contribution in [0.15, 0.2) is 27.6 Å². The molecule has 1 aliphatic rings. The van der Waals surface area contributed by atoms with Gasteiger partial charge in [0, 0.05) is 24.1 Å². The smallest absolute Gasteiger partial charge is 0.323 e. The van der Waals surface area contributed by atoms with E-state index >= 15 is 0 Å². The van der Waals surface area contributed by atoms with Gasteiger partial charge in [-0.05, 0) is 18.2 Å². The van der Waals surface area contributed by atoms with E-state index in [-0.39, 0.29) is 23.0 Å². The summed E-state index contributed by atoms with van der Waals surface area (Å²) < 4.78 is 26.8. The van der Waals surface area contributed by atoms with Gasteiger partial charge in [0.05, 0.1) is 5.02 Å². The third kappa shape index (κ3) is 2.99. The number of hydrogen-bond donors (Lipinski definition) is 2. The molecule has 6 nitrogen and oxygen atoms in total. The van der Waals surface area contributed by atoms with Crippen LogP contribution in [0.4, 0.5) is 0 Å². The molecule has 2 rings (SSSR count). The maximum Gasteiger partial charge on any atom is 0.323 e. The van der Waals surface area contributed by atoms with E-state index in [1.165, 1.54) is 12.1 Å². The van der Waals surface area contributed by atoms with Crippen molar-refractivity contribution in [3.05, 3.63) is 27.7 Å². The van der Waals surface area contributed by atoms with Crippen molar-refractivity contribution < 1.29 is 18.3 Å². The number of nitrogens with zero attached hydrogens (tertiary/aromatic N) is 1. The van der Waals surface area contributed by atoms with E-state index in [4.69, 9.17) is 16.7 Å². The molecule has 1 atom stereocenters. The van der Waals surface area contributed by atoms with Crippen molar-refractivity contribution in [1.29, 1.82) is 0 Å². The minimum atomic E-state index is -3.94. The number of halogens is 2. The summed E-state index contributed by atoms with van der Waals surface area (Å²) in [6.07, 6.45) is 0. The molecule has 1 heterocycles. The summed E-state index contributed by atoms with van der Waals surface area (Å²) in [6, 6.07) is 3.25. The van der Waals surface area contributed by atoms with Gasteiger partial charge < -0.3 is 10.4 Å². The van der Waals surface area contributed by atoms with E-state index in [1.807, 2.05) is 0 Å². The summed E-state index contributed by atoms with van der Waals surface area (Å²) in [5.74, 6) is -1.19. The van der Waals surface area contributed by atoms with Crippen molar-refractivity contribution in [2.45, 2.75) is 10.9 Å². The quantitative estimate of drug-likeness (QED) is 0.818. The number of rotatable bonds is 3. The molecule has 0 bridgehead atoms. The lowest BCUT2D eigenvalue weighted by atomic mass is 10.2. The number of carboxylic acids is 1. The molecule has 0 amide bonds. The average Bonchev–Trinajstić information content (AvgIpc) is 2.38. The molecule has 20 heavy (non-hydrogen) atoms. The third-order valence-electron chi connectivity index (χ3n) is 2.96. The molecule has 1 saturated heterocycles. The van der Waals surface area contributed by atoms with Crippen molar-refractivity contribution in [3.63, 3.8) is 0 Å². The molecule has 110 valence electrons. The maximum absolute atomic E-state index is 12.6. The highest BCUT2D eigenvalue weighted by molar-refractivity contribution is 9.10. The predicted octanol–water partition coefficient (Wildman–Crippen LogP) is 1.15. The molecule has 0 aliphatic carbocycles. The molecule has 2 N–H and O–H groups in total. The van der Waals surface area contributed by atoms with E-state index in [0.29, 0.717) is 11.0 Å². The van der Waals surface area contributed by atoms with Gasteiger partial charge in [-0.1, -0.05) is 27.5 Å². The zero-order chi connectivity index (χ0) is 14.9. The van der Waals surface area contributed by atoms with Crippen LogP contribution in [0.25, 0.3) is 0 Å². The van der Waals surface area contributed by atoms with Crippen LogP contribution < -0.4 is 5.32 Å². The number of benzene rings is 1. The minimum Gasteiger partial charge on any atom is -0.480 e. The average molecular weight is 384 g/mol. The summed E-state index contributed by atoms with van der Waals surface area (Å²) in [6.45, 7) is 0.561. The summed E-state index contributed by atoms with van der Waals surface area (Å²) >= 11 is 9.16. The first-order valence-corrected chi connectivity index (χ1v) is 8.35. The number of nitrogens with one attached hydrogen (secondary N) is 1. The maximum atomic E-state index is 12.6. The second kappa shape index (κ2) is 5.98. The number of hydrogen-bond acceptors (Lipinski definition) is 4. The Bertz CT molecular complexity index is 637. The highest BCUT2D eigenvalue weighted by atomic mass is 79.9. The SMILES string of the molecule is O=C(O)C1CNCCN1S(=O)(=O)c1ccc(Br)cc1Cl. The van der Waals surface area contributed by atoms with Gasteiger partial charge in [0.25, 0.3) is 0 Å². The molecule has 0 spiro atoms. The normalized spacial score (nSPS) is 20.8. The van der Waals surface area contributed by atoms with Crippen LogP contribution in [0.2, 0.25) is 5.02 Å². The lowest BCUT2D eigenvalue weighted by Gasteiger charge is -2.32. The lowest BCUT2D eigenvalue weighted by molar-refractivity contribution is -0.141. The minimum absolute atomic E-state index is 0.0575. The molecule has 1 aromatic rings. The van der Waals surface area contributed by atoms with Gasteiger partial charge in [-0.3, -0.25) is 4.79 Å². The third-order valence-corrected chi connectivity index (χ3v) is 5.84. The second-order valence-electron chi connectivity index (χ2n) is 4.25. The summed E-state index contributed by atoms with van der Waals surface area (Å²) in [5, 5.41) is 12.1. The Morgan fingerprint density at radius 1 is 1.50 bits per heavy atom. The number of carbonyl (C=O) groups is 1. The number of sulfonamides is 1. The van der Waals surface area contributed by atoms with Gasteiger partial charge in [-0.25, -0.2) is 8.42 Å². The monoisotopic (exact) mass is 382 g/mol. The van der Waals surface area contributed by atoms with E-state index in [2.05, 4.69) is 21.2 Å². The highest BCUT2D eigenvalue weighted by Gasteiger charge is 2.38. The van der Waals surface area contributed by atoms with E-state index in [9.17, 15) is 13.2 Å². The topological polar surface area (TPSA) is 86.7 Å². The van der Waals surface area contributed by atoms with Gasteiger partial charge in [0.2, 0.25) is 10.0 Å². The van der Waals surface area contributed by atoms with Crippen LogP contribution in [-0.2, 0) is 14.8 Å². The molecule has 9 heteroatoms. The number of aliphatic carboxylic acids is 1. The molecule has 0 aromatic heterocycles. The molecule has 1 aliphatic heterocycles. The van der Waals surface area contributed by atoms with E-state index < -0.39 is 22.0 Å². The molecule has 1 unspecified atom stereocenters. The first-order chi connectivity index (χ1) is 9.34. The summed E-state index contributed by atoms with van der Waals surface area (Å²) in [4.78, 5) is 11.1. The number of carboxylic acid groups (broad SMARTS) is 1. The van der Waals surface area contributed by atoms with Crippen LogP contribution in [0.5, 0.6) is 0 Å². The first kappa shape index (κ1) is 15.7. The standard InChI is InChI=1S/C11H12BrClN2O4S/c12-7-1-2-10(8(13)5-7)20(18,19)15-4-3-14-6-9(15)11(16)17/h1-2,5,9,14H,3-4,6H2,(H,16,17). The molecular formula is C11H12BrClN2O4S. The number of piperazine rings is 1. The van der Waals surface area contributed by atoms with Crippen LogP contribution in [0, 0.1) is 0 Å². The van der Waals surface area contributed by atoms with Crippen molar-refractivity contribution in [2.75, 3.05) is 19.6 Å². The summed E-state index contributed by atoms with van der Waals surface area (Å²) in [7, 11) is -3.94. The fraction of sp³-hybridized carbons (Fsp3) is 0.364. The predicted molar refractivity (Wildman–Crippen MR) is 77.3 cm³/mol. The molecule has 1 fully saturated rings. The Hall–Kier alpha value is -0.670. The van der Waals surface area contributed by atoms with Crippen LogP contribution in [0.1, 0.15) is 0 Å². The Labute approximate surface area is 129 Å². The Kier molecular flexibility index (Phi) is 4.70. The lowest BCUT2D eigenvalue weighted by Crippen LogP contribution is -2.56. The van der Waals surface area contributed by atoms with Crippen molar-refractivity contribution >= 4 is 43.5 Å². The fourth-order valence-electron chi connectivity index (χ4n) is 1.99. The van der Waals surface area contributed by atoms with Gasteiger partial charge >= 0.3 is 5.97 Å². The zero-order valence-corrected chi connectivity index (χ0v) is 13.4. The molecule has 0 radical (unpaired) electrons. The van der Waals surface area contributed by atoms with E-state index in [0.717, 1.165) is 4.31 Å². The fourth-order valence-corrected chi connectivity index (χ4v) is 4.59. The van der Waals surface area contributed by atoms with Gasteiger partial charge in [0.15, 0.2) is 0 Å². The molecule has 1 aromatic carbocycles. The first-order valence-electron chi connectivity index (χ1n) is 5.74. The van der Waals surface area contributed by atoms with Gasteiger partial charge in [-0.15, -0.1) is 0 Å². The van der Waals surface area contributed by atoms with Crippen molar-refractivity contribution in [1.82, 2.24) is 9.62 Å². The molecule has 0 saturated carbocycles. The largest absolute Gasteiger partial charge is 0.480 e. The van der Waals surface area contributed by atoms with Gasteiger partial charge in [-0.2, -0.15) is 4.31 Å². The van der Waals surface area contributed by atoms with Crippen LogP contribution in [0.3, 0.4) is 0 Å². The van der Waals surface area contributed by atoms with Gasteiger partial charge in [0.1, 0.15) is 10.9 Å². The van der Waals surface area contributed by atoms with Crippen LogP contribution in [-0.4, -0.2) is 49.5 Å². The second-order valence-corrected chi connectivity index (χ2v) is 7.43. The van der Waals surface area contributed by atoms with Crippen molar-refractivity contribution in [2.24, 2.45) is 0 Å². The summed E-state index contributed by atoms with van der Waals surface area (Å²) in [5.41, 5.74) is 0. The van der Waals surface area contributed by atoms with Crippen molar-refractivity contribution in [3.8, 4) is 0 Å².